The monoisotopic (exact) mass is 302 g/mol. The summed E-state index contributed by atoms with van der Waals surface area (Å²) in [6.07, 6.45) is 18.5. The molecule has 1 aromatic rings. The molecule has 0 aliphatic heterocycles. The van der Waals surface area contributed by atoms with Crippen LogP contribution in [0.25, 0.3) is 0 Å². The standard InChI is InChI=1S/C21H36N/c1-3-5-7-9-11-13-16-20-18-15-19-21(22-20)17-14-12-10-8-6-4-2/h15,18H,3-14,16-17H2,1-2H3. The van der Waals surface area contributed by atoms with Gasteiger partial charge in [0.2, 0.25) is 0 Å². The molecule has 22 heavy (non-hydrogen) atoms. The average molecular weight is 303 g/mol. The zero-order valence-electron chi connectivity index (χ0n) is 15.0. The first-order chi connectivity index (χ1) is 10.9. The highest BCUT2D eigenvalue weighted by atomic mass is 14.7. The molecule has 0 spiro atoms. The summed E-state index contributed by atoms with van der Waals surface area (Å²) in [6.45, 7) is 4.55. The van der Waals surface area contributed by atoms with Crippen LogP contribution in [0.3, 0.4) is 0 Å². The van der Waals surface area contributed by atoms with E-state index in [4.69, 9.17) is 4.98 Å². The number of rotatable bonds is 14. The Morgan fingerprint density at radius 1 is 0.727 bits per heavy atom. The van der Waals surface area contributed by atoms with E-state index < -0.39 is 0 Å². The SMILES string of the molecule is CCCCCCCCc1[c]ccc(CCCCCCCC)n1. The van der Waals surface area contributed by atoms with E-state index in [-0.39, 0.29) is 0 Å². The van der Waals surface area contributed by atoms with E-state index in [1.54, 1.807) is 0 Å². The molecule has 1 heterocycles. The van der Waals surface area contributed by atoms with Gasteiger partial charge in [0.1, 0.15) is 0 Å². The fourth-order valence-corrected chi connectivity index (χ4v) is 2.90. The van der Waals surface area contributed by atoms with Crippen LogP contribution in [0.4, 0.5) is 0 Å². The molecular formula is C21H36N. The molecule has 1 heteroatoms. The van der Waals surface area contributed by atoms with Gasteiger partial charge in [-0.2, -0.15) is 0 Å². The molecular weight excluding hydrogens is 266 g/mol. The minimum atomic E-state index is 1.11. The molecule has 0 atom stereocenters. The number of nitrogens with zero attached hydrogens (tertiary/aromatic N) is 1. The lowest BCUT2D eigenvalue weighted by atomic mass is 10.1. The van der Waals surface area contributed by atoms with Gasteiger partial charge in [0.25, 0.3) is 0 Å². The van der Waals surface area contributed by atoms with E-state index in [0.717, 1.165) is 12.8 Å². The van der Waals surface area contributed by atoms with Crippen molar-refractivity contribution in [3.8, 4) is 0 Å². The molecule has 1 radical (unpaired) electrons. The van der Waals surface area contributed by atoms with Crippen molar-refractivity contribution in [1.82, 2.24) is 4.98 Å². The van der Waals surface area contributed by atoms with E-state index in [9.17, 15) is 0 Å². The van der Waals surface area contributed by atoms with Gasteiger partial charge < -0.3 is 0 Å². The Kier molecular flexibility index (Phi) is 12.0. The van der Waals surface area contributed by atoms with Gasteiger partial charge >= 0.3 is 0 Å². The normalized spacial score (nSPS) is 11.0. The van der Waals surface area contributed by atoms with Gasteiger partial charge in [0.15, 0.2) is 0 Å². The van der Waals surface area contributed by atoms with Gasteiger partial charge in [-0.15, -0.1) is 0 Å². The maximum Gasteiger partial charge on any atom is 0.0485 e. The lowest BCUT2D eigenvalue weighted by Crippen LogP contribution is -1.97. The van der Waals surface area contributed by atoms with Gasteiger partial charge in [-0.25, -0.2) is 0 Å². The fraction of sp³-hybridized carbons (Fsp3) is 0.762. The van der Waals surface area contributed by atoms with Crippen molar-refractivity contribution in [1.29, 1.82) is 0 Å². The summed E-state index contributed by atoms with van der Waals surface area (Å²) in [4.78, 5) is 4.79. The second-order valence-corrected chi connectivity index (χ2v) is 6.56. The first kappa shape index (κ1) is 19.2. The van der Waals surface area contributed by atoms with Crippen molar-refractivity contribution < 1.29 is 0 Å². The van der Waals surface area contributed by atoms with Crippen molar-refractivity contribution in [2.45, 2.75) is 104 Å². The number of hydrogen-bond donors (Lipinski definition) is 0. The Balaban J connectivity index is 2.13. The minimum Gasteiger partial charge on any atom is -0.257 e. The second kappa shape index (κ2) is 13.8. The Bertz CT molecular complexity index is 327. The molecule has 125 valence electrons. The van der Waals surface area contributed by atoms with Crippen LogP contribution in [0.1, 0.15) is 102 Å². The molecule has 0 bridgehead atoms. The number of unbranched alkanes of at least 4 members (excludes halogenated alkanes) is 10. The number of pyridine rings is 1. The van der Waals surface area contributed by atoms with E-state index in [0.29, 0.717) is 0 Å². The second-order valence-electron chi connectivity index (χ2n) is 6.56. The molecule has 0 aliphatic rings. The molecule has 0 unspecified atom stereocenters. The van der Waals surface area contributed by atoms with Crippen LogP contribution >= 0.6 is 0 Å². The molecule has 0 fully saturated rings. The maximum atomic E-state index is 4.79. The molecule has 0 saturated carbocycles. The Labute approximate surface area is 138 Å². The van der Waals surface area contributed by atoms with Crippen molar-refractivity contribution in [3.05, 3.63) is 29.6 Å². The van der Waals surface area contributed by atoms with Crippen LogP contribution in [0.5, 0.6) is 0 Å². The molecule has 1 rings (SSSR count). The molecule has 0 N–H and O–H groups in total. The number of aryl methyl sites for hydroxylation is 2. The molecule has 0 amide bonds. The van der Waals surface area contributed by atoms with Gasteiger partial charge in [-0.05, 0) is 31.7 Å². The third-order valence-electron chi connectivity index (χ3n) is 4.36. The highest BCUT2D eigenvalue weighted by Gasteiger charge is 2.00. The largest absolute Gasteiger partial charge is 0.257 e. The van der Waals surface area contributed by atoms with Crippen molar-refractivity contribution in [2.75, 3.05) is 0 Å². The zero-order valence-corrected chi connectivity index (χ0v) is 15.0. The summed E-state index contributed by atoms with van der Waals surface area (Å²) in [5.41, 5.74) is 2.45. The zero-order chi connectivity index (χ0) is 15.9. The first-order valence-electron chi connectivity index (χ1n) is 9.73. The summed E-state index contributed by atoms with van der Waals surface area (Å²) in [7, 11) is 0. The molecule has 1 nitrogen and oxygen atoms in total. The average Bonchev–Trinajstić information content (AvgIpc) is 2.54. The lowest BCUT2D eigenvalue weighted by Gasteiger charge is -2.05. The van der Waals surface area contributed by atoms with Gasteiger partial charge in [-0.3, -0.25) is 4.98 Å². The Morgan fingerprint density at radius 3 is 1.91 bits per heavy atom. The summed E-state index contributed by atoms with van der Waals surface area (Å²) < 4.78 is 0. The smallest absolute Gasteiger partial charge is 0.0485 e. The lowest BCUT2D eigenvalue weighted by molar-refractivity contribution is 0.598. The van der Waals surface area contributed by atoms with Crippen LogP contribution in [-0.2, 0) is 12.8 Å². The molecule has 0 aliphatic carbocycles. The molecule has 0 aromatic carbocycles. The van der Waals surface area contributed by atoms with Gasteiger partial charge in [0.05, 0.1) is 0 Å². The van der Waals surface area contributed by atoms with Crippen LogP contribution in [0.15, 0.2) is 12.1 Å². The Hall–Kier alpha value is -0.850. The van der Waals surface area contributed by atoms with Crippen LogP contribution < -0.4 is 0 Å². The summed E-state index contributed by atoms with van der Waals surface area (Å²) in [5, 5.41) is 0. The third kappa shape index (κ3) is 9.97. The number of hydrogen-bond acceptors (Lipinski definition) is 1. The van der Waals surface area contributed by atoms with Crippen molar-refractivity contribution >= 4 is 0 Å². The van der Waals surface area contributed by atoms with Gasteiger partial charge in [-0.1, -0.05) is 84.1 Å². The molecule has 1 aromatic heterocycles. The van der Waals surface area contributed by atoms with E-state index in [1.165, 1.54) is 88.4 Å². The fourth-order valence-electron chi connectivity index (χ4n) is 2.90. The van der Waals surface area contributed by atoms with E-state index >= 15 is 0 Å². The Morgan fingerprint density at radius 2 is 1.27 bits per heavy atom. The van der Waals surface area contributed by atoms with E-state index in [2.05, 4.69) is 32.0 Å². The van der Waals surface area contributed by atoms with E-state index in [1.807, 2.05) is 0 Å². The third-order valence-corrected chi connectivity index (χ3v) is 4.36. The number of aromatic nitrogens is 1. The molecule has 0 saturated heterocycles. The van der Waals surface area contributed by atoms with Crippen LogP contribution in [0, 0.1) is 6.07 Å². The topological polar surface area (TPSA) is 12.9 Å². The summed E-state index contributed by atoms with van der Waals surface area (Å²) >= 11 is 0. The predicted octanol–water partition coefficient (Wildman–Crippen LogP) is 6.69. The predicted molar refractivity (Wildman–Crippen MR) is 97.2 cm³/mol. The van der Waals surface area contributed by atoms with Crippen molar-refractivity contribution in [3.63, 3.8) is 0 Å². The minimum absolute atomic E-state index is 1.11. The van der Waals surface area contributed by atoms with Gasteiger partial charge in [0, 0.05) is 17.5 Å². The van der Waals surface area contributed by atoms with Crippen molar-refractivity contribution in [2.24, 2.45) is 0 Å². The quantitative estimate of drug-likeness (QED) is 0.349. The highest BCUT2D eigenvalue weighted by Crippen LogP contribution is 2.11. The van der Waals surface area contributed by atoms with Crippen LogP contribution in [-0.4, -0.2) is 4.98 Å². The first-order valence-corrected chi connectivity index (χ1v) is 9.73. The van der Waals surface area contributed by atoms with Crippen LogP contribution in [0.2, 0.25) is 0 Å². The summed E-state index contributed by atoms with van der Waals surface area (Å²) in [5.74, 6) is 0. The maximum absolute atomic E-state index is 4.79. The highest BCUT2D eigenvalue weighted by molar-refractivity contribution is 5.10. The summed E-state index contributed by atoms with van der Waals surface area (Å²) in [6, 6.07) is 7.54.